The van der Waals surface area contributed by atoms with Gasteiger partial charge in [-0.15, -0.1) is 0 Å². The molecule has 1 unspecified atom stereocenters. The van der Waals surface area contributed by atoms with E-state index < -0.39 is 5.41 Å². The van der Waals surface area contributed by atoms with Crippen LogP contribution >= 0.6 is 0 Å². The van der Waals surface area contributed by atoms with Crippen LogP contribution in [0.4, 0.5) is 17.1 Å². The first kappa shape index (κ1) is 42.9. The summed E-state index contributed by atoms with van der Waals surface area (Å²) >= 11 is 0. The summed E-state index contributed by atoms with van der Waals surface area (Å²) in [5, 5.41) is 2.57. The normalized spacial score (nSPS) is 13.9. The van der Waals surface area contributed by atoms with Crippen molar-refractivity contribution in [3.8, 4) is 72.4 Å². The van der Waals surface area contributed by atoms with Crippen LogP contribution < -0.4 is 4.90 Å². The number of rotatable bonds is 8. The lowest BCUT2D eigenvalue weighted by Gasteiger charge is -2.39. The molecule has 2 aliphatic rings. The molecule has 1 aliphatic carbocycles. The molecule has 12 aromatic carbocycles. The second-order valence-corrected chi connectivity index (χ2v) is 19.9. The zero-order valence-corrected chi connectivity index (χ0v) is 41.1. The number of hydrogen-bond acceptors (Lipinski definition) is 1. The minimum Gasteiger partial charge on any atom is -0.309 e. The molecule has 15 rings (SSSR count). The summed E-state index contributed by atoms with van der Waals surface area (Å²) in [6, 6.07) is 108. The van der Waals surface area contributed by atoms with E-state index in [4.69, 9.17) is 0 Å². The lowest BCUT2D eigenvalue weighted by molar-refractivity contribution is 0.749. The molecule has 75 heavy (non-hydrogen) atoms. The molecule has 0 bridgehead atoms. The lowest BCUT2D eigenvalue weighted by atomic mass is 9.65. The van der Waals surface area contributed by atoms with Gasteiger partial charge in [-0.3, -0.25) is 0 Å². The van der Waals surface area contributed by atoms with Crippen LogP contribution in [-0.4, -0.2) is 4.57 Å². The van der Waals surface area contributed by atoms with Crippen LogP contribution in [0.1, 0.15) is 22.3 Å². The van der Waals surface area contributed by atoms with Crippen LogP contribution in [0.15, 0.2) is 291 Å². The van der Waals surface area contributed by atoms with E-state index in [2.05, 4.69) is 301 Å². The van der Waals surface area contributed by atoms with Crippen molar-refractivity contribution in [1.82, 2.24) is 4.57 Å². The molecule has 350 valence electrons. The second-order valence-electron chi connectivity index (χ2n) is 19.9. The van der Waals surface area contributed by atoms with E-state index in [-0.39, 0.29) is 0 Å². The second kappa shape index (κ2) is 17.2. The largest absolute Gasteiger partial charge is 0.309 e. The molecular weight excluding hydrogens is 905 g/mol. The molecule has 0 amide bonds. The molecule has 0 radical (unpaired) electrons. The van der Waals surface area contributed by atoms with Gasteiger partial charge in [-0.05, 0) is 120 Å². The number of aromatic nitrogens is 1. The molecule has 1 spiro atoms. The Hall–Kier alpha value is -9.76. The molecule has 1 aliphatic heterocycles. The number of anilines is 3. The van der Waals surface area contributed by atoms with Crippen LogP contribution in [0.2, 0.25) is 0 Å². The summed E-state index contributed by atoms with van der Waals surface area (Å²) in [5.74, 6) is 0. The van der Waals surface area contributed by atoms with Gasteiger partial charge in [0.15, 0.2) is 0 Å². The molecule has 0 saturated carbocycles. The molecule has 13 aromatic rings. The molecule has 2 heterocycles. The van der Waals surface area contributed by atoms with Crippen LogP contribution in [0.3, 0.4) is 0 Å². The van der Waals surface area contributed by atoms with Crippen molar-refractivity contribution in [2.24, 2.45) is 0 Å². The Bertz CT molecular complexity index is 4190. The highest BCUT2D eigenvalue weighted by Crippen LogP contribution is 2.61. The molecular formula is C73H48N2. The number of para-hydroxylation sites is 5. The molecule has 1 aromatic heterocycles. The van der Waals surface area contributed by atoms with Gasteiger partial charge >= 0.3 is 0 Å². The van der Waals surface area contributed by atoms with Crippen molar-refractivity contribution >= 4 is 38.9 Å². The Kier molecular flexibility index (Phi) is 9.83. The average Bonchev–Trinajstić information content (AvgIpc) is 4.22. The Labute approximate surface area is 437 Å². The third kappa shape index (κ3) is 6.60. The van der Waals surface area contributed by atoms with Gasteiger partial charge in [-0.2, -0.15) is 0 Å². The van der Waals surface area contributed by atoms with Gasteiger partial charge in [0.1, 0.15) is 0 Å². The third-order valence-corrected chi connectivity index (χ3v) is 16.0. The summed E-state index contributed by atoms with van der Waals surface area (Å²) in [7, 11) is 0. The molecule has 1 atom stereocenters. The standard InChI is InChI=1S/C73H48N2/c1-3-18-49(19-4-1)51-34-38-54(39-35-51)58-22-8-13-30-68(58)74(69-31-14-9-23-59(69)55-40-36-52(37-41-55)50-20-5-2-6-21-50)57-45-42-53(43-46-57)56-44-47-61-60-24-7-11-27-64(60)73(67(61)48-56)65-28-12-16-33-71(65)75-70-32-15-10-25-62(70)63-26-17-29-66(73)72(63)75/h1-48H. The van der Waals surface area contributed by atoms with Gasteiger partial charge in [0.2, 0.25) is 0 Å². The first-order valence-corrected chi connectivity index (χ1v) is 26.0. The van der Waals surface area contributed by atoms with Crippen molar-refractivity contribution in [3.05, 3.63) is 313 Å². The van der Waals surface area contributed by atoms with Gasteiger partial charge in [0.25, 0.3) is 0 Å². The van der Waals surface area contributed by atoms with Gasteiger partial charge in [-0.1, -0.05) is 249 Å². The van der Waals surface area contributed by atoms with Crippen molar-refractivity contribution < 1.29 is 0 Å². The predicted octanol–water partition coefficient (Wildman–Crippen LogP) is 19.3. The molecule has 0 saturated heterocycles. The Balaban J connectivity index is 0.887. The SMILES string of the molecule is c1ccc(-c2ccc(-c3ccccc3N(c3ccc(-c4ccc5c(c4)C4(c6ccccc6-5)c5ccccc5-n5c6ccccc6c6cccc4c65)cc3)c3ccccc3-c3ccc(-c4ccccc4)cc3)cc2)cc1. The van der Waals surface area contributed by atoms with Crippen LogP contribution in [0, 0.1) is 0 Å². The van der Waals surface area contributed by atoms with E-state index in [1.165, 1.54) is 94.3 Å². The van der Waals surface area contributed by atoms with Crippen molar-refractivity contribution in [2.45, 2.75) is 5.41 Å². The summed E-state index contributed by atoms with van der Waals surface area (Å²) in [6.07, 6.45) is 0. The average molecular weight is 953 g/mol. The van der Waals surface area contributed by atoms with Crippen molar-refractivity contribution in [2.75, 3.05) is 4.90 Å². The van der Waals surface area contributed by atoms with Gasteiger partial charge in [-0.25, -0.2) is 0 Å². The fraction of sp³-hybridized carbons (Fsp3) is 0.0137. The van der Waals surface area contributed by atoms with E-state index in [9.17, 15) is 0 Å². The Morgan fingerprint density at radius 3 is 1.36 bits per heavy atom. The van der Waals surface area contributed by atoms with E-state index in [1.807, 2.05) is 0 Å². The van der Waals surface area contributed by atoms with E-state index >= 15 is 0 Å². The van der Waals surface area contributed by atoms with E-state index in [0.717, 1.165) is 39.3 Å². The van der Waals surface area contributed by atoms with E-state index in [0.29, 0.717) is 0 Å². The minimum absolute atomic E-state index is 0.523. The quantitative estimate of drug-likeness (QED) is 0.147. The molecule has 0 N–H and O–H groups in total. The van der Waals surface area contributed by atoms with Crippen LogP contribution in [-0.2, 0) is 5.41 Å². The first-order chi connectivity index (χ1) is 37.2. The number of nitrogens with zero attached hydrogens (tertiary/aromatic N) is 2. The zero-order chi connectivity index (χ0) is 49.5. The first-order valence-electron chi connectivity index (χ1n) is 26.0. The maximum Gasteiger partial charge on any atom is 0.0754 e. The number of benzene rings is 12. The zero-order valence-electron chi connectivity index (χ0n) is 41.1. The molecule has 2 heteroatoms. The molecule has 2 nitrogen and oxygen atoms in total. The van der Waals surface area contributed by atoms with Gasteiger partial charge < -0.3 is 9.47 Å². The number of fused-ring (bicyclic) bond motifs is 12. The summed E-state index contributed by atoms with van der Waals surface area (Å²) in [6.45, 7) is 0. The van der Waals surface area contributed by atoms with Gasteiger partial charge in [0.05, 0.1) is 33.5 Å². The summed E-state index contributed by atoms with van der Waals surface area (Å²) in [4.78, 5) is 2.46. The highest BCUT2D eigenvalue weighted by atomic mass is 15.1. The predicted molar refractivity (Wildman–Crippen MR) is 314 cm³/mol. The molecule has 0 fully saturated rings. The minimum atomic E-state index is -0.523. The number of hydrogen-bond donors (Lipinski definition) is 0. The maximum absolute atomic E-state index is 2.52. The van der Waals surface area contributed by atoms with Crippen molar-refractivity contribution in [1.29, 1.82) is 0 Å². The topological polar surface area (TPSA) is 8.17 Å². The lowest BCUT2D eigenvalue weighted by Crippen LogP contribution is -2.33. The summed E-state index contributed by atoms with van der Waals surface area (Å²) < 4.78 is 2.52. The maximum atomic E-state index is 2.52. The fourth-order valence-corrected chi connectivity index (χ4v) is 12.7. The Morgan fingerprint density at radius 2 is 0.707 bits per heavy atom. The van der Waals surface area contributed by atoms with Crippen LogP contribution in [0.5, 0.6) is 0 Å². The fourth-order valence-electron chi connectivity index (χ4n) is 12.7. The Morgan fingerprint density at radius 1 is 0.267 bits per heavy atom. The van der Waals surface area contributed by atoms with E-state index in [1.54, 1.807) is 0 Å². The smallest absolute Gasteiger partial charge is 0.0754 e. The van der Waals surface area contributed by atoms with Gasteiger partial charge in [0, 0.05) is 27.6 Å². The highest BCUT2D eigenvalue weighted by Gasteiger charge is 2.50. The highest BCUT2D eigenvalue weighted by molar-refractivity contribution is 6.13. The van der Waals surface area contributed by atoms with Crippen LogP contribution in [0.25, 0.3) is 94.3 Å². The third-order valence-electron chi connectivity index (χ3n) is 16.0. The summed E-state index contributed by atoms with van der Waals surface area (Å²) in [5.41, 5.74) is 26.2. The monoisotopic (exact) mass is 952 g/mol. The van der Waals surface area contributed by atoms with Crippen molar-refractivity contribution in [3.63, 3.8) is 0 Å².